The summed E-state index contributed by atoms with van der Waals surface area (Å²) >= 11 is 0. The quantitative estimate of drug-likeness (QED) is 0.322. The van der Waals surface area contributed by atoms with Gasteiger partial charge in [-0.3, -0.25) is 9.89 Å². The van der Waals surface area contributed by atoms with Gasteiger partial charge in [-0.25, -0.2) is 0 Å². The van der Waals surface area contributed by atoms with Crippen molar-refractivity contribution in [2.24, 2.45) is 10.9 Å². The third kappa shape index (κ3) is 9.08. The van der Waals surface area contributed by atoms with E-state index in [1.54, 1.807) is 6.26 Å². The molecule has 0 bridgehead atoms. The Morgan fingerprint density at radius 2 is 2.11 bits per heavy atom. The second kappa shape index (κ2) is 13.6. The maximum absolute atomic E-state index is 5.63. The van der Waals surface area contributed by atoms with Gasteiger partial charge in [-0.1, -0.05) is 13.8 Å². The summed E-state index contributed by atoms with van der Waals surface area (Å²) in [7, 11) is 0. The average Bonchev–Trinajstić information content (AvgIpc) is 3.21. The number of guanidine groups is 1. The van der Waals surface area contributed by atoms with Gasteiger partial charge in [0, 0.05) is 38.8 Å². The van der Waals surface area contributed by atoms with Crippen molar-refractivity contribution < 1.29 is 13.9 Å². The third-order valence-electron chi connectivity index (χ3n) is 4.69. The Balaban J connectivity index is 1.73. The first-order valence-electron chi connectivity index (χ1n) is 10.6. The van der Waals surface area contributed by atoms with E-state index in [0.717, 1.165) is 70.5 Å². The SMILES string of the molecule is CCNC(=NCC(CC(C)C)N1CCOCC1)NCCCOCc1ccco1. The van der Waals surface area contributed by atoms with Gasteiger partial charge in [0.2, 0.25) is 0 Å². The predicted octanol–water partition coefficient (Wildman–Crippen LogP) is 2.49. The predicted molar refractivity (Wildman–Crippen MR) is 113 cm³/mol. The molecule has 1 atom stereocenters. The fourth-order valence-electron chi connectivity index (χ4n) is 3.31. The van der Waals surface area contributed by atoms with E-state index in [4.69, 9.17) is 18.9 Å². The van der Waals surface area contributed by atoms with Gasteiger partial charge in [0.1, 0.15) is 12.4 Å². The molecule has 7 nitrogen and oxygen atoms in total. The number of morpholine rings is 1. The second-order valence-corrected chi connectivity index (χ2v) is 7.56. The van der Waals surface area contributed by atoms with Crippen molar-refractivity contribution >= 4 is 5.96 Å². The highest BCUT2D eigenvalue weighted by Crippen LogP contribution is 2.14. The van der Waals surface area contributed by atoms with Crippen LogP contribution < -0.4 is 10.6 Å². The van der Waals surface area contributed by atoms with Crippen molar-refractivity contribution in [3.8, 4) is 0 Å². The number of aliphatic imine (C=N–C) groups is 1. The monoisotopic (exact) mass is 394 g/mol. The molecule has 2 rings (SSSR count). The van der Waals surface area contributed by atoms with Crippen LogP contribution in [-0.2, 0) is 16.1 Å². The molecule has 0 saturated carbocycles. The summed E-state index contributed by atoms with van der Waals surface area (Å²) < 4.78 is 16.4. The smallest absolute Gasteiger partial charge is 0.191 e. The molecule has 1 aromatic rings. The molecule has 0 spiro atoms. The number of hydrogen-bond donors (Lipinski definition) is 2. The molecule has 1 aromatic heterocycles. The van der Waals surface area contributed by atoms with E-state index in [0.29, 0.717) is 25.2 Å². The Labute approximate surface area is 169 Å². The molecule has 1 unspecified atom stereocenters. The number of nitrogens with zero attached hydrogens (tertiary/aromatic N) is 2. The van der Waals surface area contributed by atoms with Crippen LogP contribution in [0.1, 0.15) is 39.4 Å². The summed E-state index contributed by atoms with van der Waals surface area (Å²) in [5.74, 6) is 2.41. The van der Waals surface area contributed by atoms with Crippen LogP contribution in [0.4, 0.5) is 0 Å². The topological polar surface area (TPSA) is 71.3 Å². The Morgan fingerprint density at radius 1 is 1.29 bits per heavy atom. The standard InChI is InChI=1S/C21H38N4O3/c1-4-22-21(23-8-6-11-27-17-20-7-5-12-28-20)24-16-19(15-18(2)3)25-9-13-26-14-10-25/h5,7,12,18-19H,4,6,8-11,13-17H2,1-3H3,(H2,22,23,24). The molecule has 0 aliphatic carbocycles. The van der Waals surface area contributed by atoms with E-state index < -0.39 is 0 Å². The van der Waals surface area contributed by atoms with Gasteiger partial charge in [-0.05, 0) is 37.8 Å². The van der Waals surface area contributed by atoms with Crippen LogP contribution in [0.3, 0.4) is 0 Å². The molecule has 0 amide bonds. The number of rotatable bonds is 12. The van der Waals surface area contributed by atoms with E-state index in [1.807, 2.05) is 12.1 Å². The summed E-state index contributed by atoms with van der Waals surface area (Å²) in [5.41, 5.74) is 0. The van der Waals surface area contributed by atoms with Crippen LogP contribution in [0.5, 0.6) is 0 Å². The molecule has 1 saturated heterocycles. The zero-order chi connectivity index (χ0) is 20.0. The normalized spacial score (nSPS) is 17.1. The first-order valence-corrected chi connectivity index (χ1v) is 10.6. The Bertz CT molecular complexity index is 528. The van der Waals surface area contributed by atoms with Crippen molar-refractivity contribution in [1.29, 1.82) is 0 Å². The van der Waals surface area contributed by atoms with Gasteiger partial charge >= 0.3 is 0 Å². The molecular formula is C21H38N4O3. The molecule has 0 aromatic carbocycles. The van der Waals surface area contributed by atoms with Gasteiger partial charge in [0.05, 0.1) is 26.0 Å². The van der Waals surface area contributed by atoms with Crippen LogP contribution in [0.25, 0.3) is 0 Å². The lowest BCUT2D eigenvalue weighted by Crippen LogP contribution is -2.46. The lowest BCUT2D eigenvalue weighted by atomic mass is 10.0. The number of ether oxygens (including phenoxy) is 2. The van der Waals surface area contributed by atoms with Gasteiger partial charge in [0.25, 0.3) is 0 Å². The van der Waals surface area contributed by atoms with Crippen molar-refractivity contribution in [3.05, 3.63) is 24.2 Å². The van der Waals surface area contributed by atoms with Crippen molar-refractivity contribution in [3.63, 3.8) is 0 Å². The van der Waals surface area contributed by atoms with Crippen LogP contribution in [-0.4, -0.2) is 69.4 Å². The van der Waals surface area contributed by atoms with Gasteiger partial charge in [-0.15, -0.1) is 0 Å². The van der Waals surface area contributed by atoms with Crippen LogP contribution >= 0.6 is 0 Å². The van der Waals surface area contributed by atoms with Crippen molar-refractivity contribution in [2.75, 3.05) is 52.5 Å². The maximum Gasteiger partial charge on any atom is 0.191 e. The highest BCUT2D eigenvalue weighted by atomic mass is 16.5. The largest absolute Gasteiger partial charge is 0.467 e. The molecule has 1 aliphatic rings. The lowest BCUT2D eigenvalue weighted by molar-refractivity contribution is 0.0143. The third-order valence-corrected chi connectivity index (χ3v) is 4.69. The summed E-state index contributed by atoms with van der Waals surface area (Å²) in [6.07, 6.45) is 3.75. The first kappa shape index (κ1) is 22.7. The highest BCUT2D eigenvalue weighted by molar-refractivity contribution is 5.79. The molecule has 160 valence electrons. The molecule has 0 radical (unpaired) electrons. The number of nitrogens with one attached hydrogen (secondary N) is 2. The fourth-order valence-corrected chi connectivity index (χ4v) is 3.31. The molecule has 1 aliphatic heterocycles. The Morgan fingerprint density at radius 3 is 2.79 bits per heavy atom. The number of furan rings is 1. The molecule has 7 heteroatoms. The van der Waals surface area contributed by atoms with E-state index in [-0.39, 0.29) is 0 Å². The van der Waals surface area contributed by atoms with E-state index in [1.165, 1.54) is 0 Å². The molecule has 1 fully saturated rings. The van der Waals surface area contributed by atoms with Gasteiger partial charge in [0.15, 0.2) is 5.96 Å². The highest BCUT2D eigenvalue weighted by Gasteiger charge is 2.21. The van der Waals surface area contributed by atoms with Crippen molar-refractivity contribution in [1.82, 2.24) is 15.5 Å². The van der Waals surface area contributed by atoms with Crippen LogP contribution in [0, 0.1) is 5.92 Å². The van der Waals surface area contributed by atoms with Gasteiger partial charge in [-0.2, -0.15) is 0 Å². The van der Waals surface area contributed by atoms with Gasteiger partial charge < -0.3 is 24.5 Å². The molecule has 28 heavy (non-hydrogen) atoms. The van der Waals surface area contributed by atoms with E-state index in [9.17, 15) is 0 Å². The van der Waals surface area contributed by atoms with Crippen LogP contribution in [0.2, 0.25) is 0 Å². The minimum atomic E-state index is 0.469. The number of hydrogen-bond acceptors (Lipinski definition) is 5. The zero-order valence-corrected chi connectivity index (χ0v) is 17.8. The van der Waals surface area contributed by atoms with E-state index in [2.05, 4.69) is 36.3 Å². The molecule has 2 heterocycles. The van der Waals surface area contributed by atoms with Crippen molar-refractivity contribution in [2.45, 2.75) is 46.3 Å². The average molecular weight is 395 g/mol. The minimum Gasteiger partial charge on any atom is -0.467 e. The summed E-state index contributed by atoms with van der Waals surface area (Å²) in [6.45, 7) is 14.0. The molecular weight excluding hydrogens is 356 g/mol. The Hall–Kier alpha value is -1.57. The first-order chi connectivity index (χ1) is 13.7. The lowest BCUT2D eigenvalue weighted by Gasteiger charge is -2.34. The molecule has 2 N–H and O–H groups in total. The fraction of sp³-hybridized carbons (Fsp3) is 0.762. The summed E-state index contributed by atoms with van der Waals surface area (Å²) in [5, 5.41) is 6.77. The Kier molecular flexibility index (Phi) is 11.0. The second-order valence-electron chi connectivity index (χ2n) is 7.56. The van der Waals surface area contributed by atoms with E-state index >= 15 is 0 Å². The zero-order valence-electron chi connectivity index (χ0n) is 17.8. The summed E-state index contributed by atoms with van der Waals surface area (Å²) in [4.78, 5) is 7.38. The van der Waals surface area contributed by atoms with Crippen LogP contribution in [0.15, 0.2) is 27.8 Å². The maximum atomic E-state index is 5.63. The summed E-state index contributed by atoms with van der Waals surface area (Å²) in [6, 6.07) is 4.27. The minimum absolute atomic E-state index is 0.469.